The van der Waals surface area contributed by atoms with Crippen LogP contribution in [0.2, 0.25) is 15.1 Å². The zero-order valence-corrected chi connectivity index (χ0v) is 30.1. The number of epoxide rings is 1. The molecule has 3 aliphatic rings. The van der Waals surface area contributed by atoms with E-state index < -0.39 is 23.5 Å². The molecule has 0 radical (unpaired) electrons. The summed E-state index contributed by atoms with van der Waals surface area (Å²) >= 11 is 18.6. The number of anilines is 2. The molecule has 2 aromatic carbocycles. The van der Waals surface area contributed by atoms with Gasteiger partial charge in [0.05, 0.1) is 16.5 Å². The van der Waals surface area contributed by atoms with Crippen molar-refractivity contribution in [2.75, 3.05) is 16.5 Å². The molecule has 11 heteroatoms. The lowest BCUT2D eigenvalue weighted by molar-refractivity contribution is -0.120. The highest BCUT2D eigenvalue weighted by molar-refractivity contribution is 6.42. The van der Waals surface area contributed by atoms with Crippen LogP contribution in [0.15, 0.2) is 64.8 Å². The quantitative estimate of drug-likeness (QED) is 0.265. The lowest BCUT2D eigenvalue weighted by Gasteiger charge is -2.37. The first-order valence-corrected chi connectivity index (χ1v) is 17.1. The van der Waals surface area contributed by atoms with Gasteiger partial charge in [0.25, 0.3) is 17.7 Å². The van der Waals surface area contributed by atoms with Crippen LogP contribution in [0.5, 0.6) is 0 Å². The van der Waals surface area contributed by atoms with Gasteiger partial charge in [0.1, 0.15) is 17.1 Å². The maximum Gasteiger partial charge on any atom is 0.259 e. The van der Waals surface area contributed by atoms with Crippen LogP contribution in [0.4, 0.5) is 11.4 Å². The number of likely N-dealkylation sites (N-methyl/N-ethyl adjacent to an activating group) is 1. The Morgan fingerprint density at radius 3 is 2.32 bits per heavy atom. The van der Waals surface area contributed by atoms with E-state index in [2.05, 4.69) is 64.1 Å². The fourth-order valence-electron chi connectivity index (χ4n) is 6.16. The molecule has 47 heavy (non-hydrogen) atoms. The summed E-state index contributed by atoms with van der Waals surface area (Å²) in [5, 5.41) is 8.66. The summed E-state index contributed by atoms with van der Waals surface area (Å²) < 4.78 is 6.39. The number of allylic oxidation sites excluding steroid dienone is 2. The summed E-state index contributed by atoms with van der Waals surface area (Å²) in [6.45, 7) is 15.6. The van der Waals surface area contributed by atoms with Crippen LogP contribution in [0, 0.1) is 10.8 Å². The zero-order valence-electron chi connectivity index (χ0n) is 27.8. The van der Waals surface area contributed by atoms with E-state index in [4.69, 9.17) is 39.5 Å². The van der Waals surface area contributed by atoms with E-state index in [1.54, 1.807) is 29.2 Å². The molecule has 3 amide bonds. The van der Waals surface area contributed by atoms with Gasteiger partial charge in [-0.2, -0.15) is 10.1 Å². The van der Waals surface area contributed by atoms with Crippen molar-refractivity contribution < 1.29 is 19.1 Å². The van der Waals surface area contributed by atoms with Crippen molar-refractivity contribution >= 4 is 69.7 Å². The van der Waals surface area contributed by atoms with Crippen molar-refractivity contribution in [3.8, 4) is 0 Å². The lowest BCUT2D eigenvalue weighted by atomic mass is 9.67. The predicted octanol–water partition coefficient (Wildman–Crippen LogP) is 8.75. The maximum atomic E-state index is 14.1. The molecular weight excluding hydrogens is 659 g/mol. The highest BCUT2D eigenvalue weighted by Gasteiger charge is 2.65. The van der Waals surface area contributed by atoms with E-state index in [0.717, 1.165) is 23.4 Å². The van der Waals surface area contributed by atoms with Crippen LogP contribution in [0.25, 0.3) is 0 Å². The first-order chi connectivity index (χ1) is 22.1. The van der Waals surface area contributed by atoms with Crippen molar-refractivity contribution in [2.45, 2.75) is 85.9 Å². The van der Waals surface area contributed by atoms with Gasteiger partial charge in [-0.05, 0) is 72.1 Å². The molecule has 0 bridgehead atoms. The SMILES string of the molecule is CCN(C(=O)C1OC12CC=C(C(C)(C)CC)C=C2C(C)(C)CC)c1cccc(C(=O)NC2=NN(c3c(Cl)cc(Cl)cc3Cl)C(=O)C2)c1. The molecule has 1 N–H and O–H groups in total. The molecule has 1 fully saturated rings. The van der Waals surface area contributed by atoms with Crippen molar-refractivity contribution in [3.63, 3.8) is 0 Å². The van der Waals surface area contributed by atoms with Crippen LogP contribution in [0.3, 0.4) is 0 Å². The van der Waals surface area contributed by atoms with Crippen molar-refractivity contribution in [3.05, 3.63) is 80.3 Å². The summed E-state index contributed by atoms with van der Waals surface area (Å²) in [4.78, 5) is 41.9. The molecule has 2 aromatic rings. The molecule has 1 aliphatic carbocycles. The van der Waals surface area contributed by atoms with Gasteiger partial charge >= 0.3 is 0 Å². The predicted molar refractivity (Wildman–Crippen MR) is 189 cm³/mol. The van der Waals surface area contributed by atoms with Crippen molar-refractivity contribution in [1.82, 2.24) is 5.32 Å². The third-order valence-corrected chi connectivity index (χ3v) is 10.6. The number of nitrogens with one attached hydrogen (secondary N) is 1. The number of hydrogen-bond donors (Lipinski definition) is 1. The summed E-state index contributed by atoms with van der Waals surface area (Å²) in [7, 11) is 0. The van der Waals surface area contributed by atoms with E-state index in [1.165, 1.54) is 17.7 Å². The number of carbonyl (C=O) groups excluding carboxylic acids is 3. The molecule has 2 aliphatic heterocycles. The van der Waals surface area contributed by atoms with E-state index in [0.29, 0.717) is 29.2 Å². The second-order valence-corrected chi connectivity index (χ2v) is 14.8. The maximum absolute atomic E-state index is 14.1. The van der Waals surface area contributed by atoms with Crippen LogP contribution in [-0.4, -0.2) is 41.8 Å². The van der Waals surface area contributed by atoms with Crippen LogP contribution >= 0.6 is 34.8 Å². The van der Waals surface area contributed by atoms with E-state index in [9.17, 15) is 14.4 Å². The summed E-state index contributed by atoms with van der Waals surface area (Å²) in [5.74, 6) is -0.899. The highest BCUT2D eigenvalue weighted by atomic mass is 35.5. The topological polar surface area (TPSA) is 94.6 Å². The zero-order chi connectivity index (χ0) is 34.5. The van der Waals surface area contributed by atoms with Gasteiger partial charge in [-0.3, -0.25) is 14.4 Å². The van der Waals surface area contributed by atoms with Gasteiger partial charge < -0.3 is 15.0 Å². The van der Waals surface area contributed by atoms with Crippen molar-refractivity contribution in [1.29, 1.82) is 0 Å². The molecular formula is C36H41Cl3N4O4. The molecule has 5 rings (SSSR count). The fraction of sp³-hybridized carbons (Fsp3) is 0.444. The number of rotatable bonds is 9. The Labute approximate surface area is 291 Å². The molecule has 0 saturated carbocycles. The summed E-state index contributed by atoms with van der Waals surface area (Å²) in [6.07, 6.45) is 6.28. The third kappa shape index (κ3) is 6.62. The van der Waals surface area contributed by atoms with Crippen molar-refractivity contribution in [2.24, 2.45) is 15.9 Å². The Morgan fingerprint density at radius 1 is 1.04 bits per heavy atom. The molecule has 8 nitrogen and oxygen atoms in total. The molecule has 2 heterocycles. The first kappa shape index (κ1) is 35.1. The number of halogens is 3. The number of nitrogens with zero attached hydrogens (tertiary/aromatic N) is 3. The highest BCUT2D eigenvalue weighted by Crippen LogP contribution is 2.57. The van der Waals surface area contributed by atoms with Gasteiger partial charge in [-0.15, -0.1) is 0 Å². The first-order valence-electron chi connectivity index (χ1n) is 16.0. The number of ether oxygens (including phenoxy) is 1. The number of carbonyl (C=O) groups is 3. The Bertz CT molecular complexity index is 1710. The van der Waals surface area contributed by atoms with Crippen LogP contribution < -0.4 is 15.2 Å². The average molecular weight is 700 g/mol. The van der Waals surface area contributed by atoms with Crippen LogP contribution in [-0.2, 0) is 14.3 Å². The Morgan fingerprint density at radius 2 is 1.70 bits per heavy atom. The third-order valence-electron chi connectivity index (χ3n) is 9.81. The molecule has 2 atom stereocenters. The molecule has 2 unspecified atom stereocenters. The smallest absolute Gasteiger partial charge is 0.259 e. The summed E-state index contributed by atoms with van der Waals surface area (Å²) in [6, 6.07) is 9.73. The summed E-state index contributed by atoms with van der Waals surface area (Å²) in [5.41, 5.74) is 2.69. The monoisotopic (exact) mass is 698 g/mol. The standard InChI is InChI=1S/C36H41Cl3N4O4/c1-8-34(4,5)22-14-15-36(27(17-22)35(6,7)9-2)31(47-36)33(46)42(10-3)24-13-11-12-21(16-24)32(45)40-28-20-29(44)43(41-28)30-25(38)18-23(37)19-26(30)39/h11-14,16-19,31H,8-10,15,20H2,1-7H3,(H,40,41,45). The molecule has 0 aromatic heterocycles. The van der Waals surface area contributed by atoms with Crippen LogP contribution in [0.1, 0.15) is 84.5 Å². The van der Waals surface area contributed by atoms with E-state index in [1.807, 2.05) is 6.92 Å². The normalized spacial score (nSPS) is 21.0. The minimum atomic E-state index is -0.679. The van der Waals surface area contributed by atoms with Gasteiger partial charge in [0.15, 0.2) is 6.10 Å². The average Bonchev–Trinajstić information content (AvgIpc) is 3.62. The number of hydrazone groups is 1. The second kappa shape index (κ2) is 13.0. The fourth-order valence-corrected chi connectivity index (χ4v) is 7.14. The van der Waals surface area contributed by atoms with E-state index in [-0.39, 0.29) is 44.7 Å². The number of hydrogen-bond acceptors (Lipinski definition) is 5. The van der Waals surface area contributed by atoms with Gasteiger partial charge in [0, 0.05) is 29.2 Å². The van der Waals surface area contributed by atoms with E-state index >= 15 is 0 Å². The second-order valence-electron chi connectivity index (χ2n) is 13.5. The Balaban J connectivity index is 1.35. The number of amides is 3. The number of benzene rings is 2. The van der Waals surface area contributed by atoms with Gasteiger partial charge in [0.2, 0.25) is 0 Å². The van der Waals surface area contributed by atoms with Gasteiger partial charge in [-0.1, -0.05) is 94.6 Å². The van der Waals surface area contributed by atoms with Gasteiger partial charge in [-0.25, -0.2) is 0 Å². The Kier molecular flexibility index (Phi) is 9.75. The lowest BCUT2D eigenvalue weighted by Crippen LogP contribution is -2.40. The number of amidine groups is 1. The minimum Gasteiger partial charge on any atom is -0.350 e. The molecule has 250 valence electrons. The Hall–Kier alpha value is -3.17. The largest absolute Gasteiger partial charge is 0.350 e. The molecule has 1 spiro atoms. The molecule has 1 saturated heterocycles. The minimum absolute atomic E-state index is 0.0210.